The van der Waals surface area contributed by atoms with Gasteiger partial charge in [-0.25, -0.2) is 9.13 Å². The molecule has 332 valence electrons. The van der Waals surface area contributed by atoms with Crippen molar-refractivity contribution in [2.45, 2.75) is 161 Å². The fourth-order valence-corrected chi connectivity index (χ4v) is 6.30. The number of hydrogen-bond acceptors (Lipinski definition) is 12. The van der Waals surface area contributed by atoms with Crippen LogP contribution in [0.1, 0.15) is 136 Å². The molecule has 0 amide bonds. The molecular formula is C40H72O15P2. The smallest absolute Gasteiger partial charge is 0.462 e. The monoisotopic (exact) mass is 854 g/mol. The maximum atomic E-state index is 12.7. The molecule has 0 aromatic rings. The molecule has 0 aliphatic carbocycles. The number of esters is 2. The zero-order valence-electron chi connectivity index (χ0n) is 34.3. The Morgan fingerprint density at radius 1 is 0.579 bits per heavy atom. The molecule has 0 saturated carbocycles. The van der Waals surface area contributed by atoms with Gasteiger partial charge in [-0.2, -0.15) is 0 Å². The van der Waals surface area contributed by atoms with Gasteiger partial charge in [0.15, 0.2) is 6.10 Å². The molecule has 15 nitrogen and oxygen atoms in total. The van der Waals surface area contributed by atoms with Crippen molar-refractivity contribution < 1.29 is 71.8 Å². The van der Waals surface area contributed by atoms with E-state index in [1.807, 2.05) is 12.2 Å². The molecule has 0 aromatic heterocycles. The van der Waals surface area contributed by atoms with Gasteiger partial charge < -0.3 is 39.5 Å². The van der Waals surface area contributed by atoms with Crippen molar-refractivity contribution in [3.63, 3.8) is 0 Å². The third-order valence-corrected chi connectivity index (χ3v) is 9.79. The summed E-state index contributed by atoms with van der Waals surface area (Å²) in [6, 6.07) is 0. The second-order valence-electron chi connectivity index (χ2n) is 14.3. The highest BCUT2D eigenvalue weighted by atomic mass is 31.2. The second kappa shape index (κ2) is 34.8. The summed E-state index contributed by atoms with van der Waals surface area (Å²) in [5.74, 6) is -0.601. The summed E-state index contributed by atoms with van der Waals surface area (Å²) in [6.07, 6.45) is 24.5. The molecule has 0 fully saturated rings. The van der Waals surface area contributed by atoms with Crippen LogP contribution in [0, 0.1) is 5.92 Å². The van der Waals surface area contributed by atoms with Crippen LogP contribution in [0.4, 0.5) is 0 Å². The first kappa shape index (κ1) is 55.0. The highest BCUT2D eigenvalue weighted by molar-refractivity contribution is 7.47. The number of aliphatic hydroxyl groups is 3. The van der Waals surface area contributed by atoms with E-state index in [1.54, 1.807) is 6.08 Å². The van der Waals surface area contributed by atoms with Crippen molar-refractivity contribution in [2.75, 3.05) is 26.4 Å². The predicted molar refractivity (Wildman–Crippen MR) is 219 cm³/mol. The van der Waals surface area contributed by atoms with Crippen LogP contribution in [-0.2, 0) is 41.8 Å². The Bertz CT molecular complexity index is 1250. The SMILES string of the molecule is CC/C=C\C/C=C\C/C=C\C/C=C\C[C@@H](O)[C@H](O)CCCC(=O)O[C@H](COC(=O)CCCCCCCCCCC(C)C)COP(=O)(O)OC[C@@H](O)COP(=O)(O)O. The van der Waals surface area contributed by atoms with Gasteiger partial charge in [0, 0.05) is 12.8 Å². The molecule has 0 aromatic carbocycles. The first-order valence-electron chi connectivity index (χ1n) is 20.4. The summed E-state index contributed by atoms with van der Waals surface area (Å²) < 4.78 is 47.4. The Labute approximate surface area is 340 Å². The number of hydrogen-bond donors (Lipinski definition) is 6. The Morgan fingerprint density at radius 2 is 1.09 bits per heavy atom. The summed E-state index contributed by atoms with van der Waals surface area (Å²) in [6.45, 7) is 3.53. The number of ether oxygens (including phenoxy) is 2. The van der Waals surface area contributed by atoms with Crippen LogP contribution in [0.5, 0.6) is 0 Å². The van der Waals surface area contributed by atoms with Gasteiger partial charge in [-0.1, -0.05) is 121 Å². The van der Waals surface area contributed by atoms with E-state index in [-0.39, 0.29) is 32.1 Å². The lowest BCUT2D eigenvalue weighted by Crippen LogP contribution is -2.30. The van der Waals surface area contributed by atoms with E-state index in [4.69, 9.17) is 23.8 Å². The number of allylic oxidation sites excluding steroid dienone is 7. The van der Waals surface area contributed by atoms with Crippen LogP contribution in [0.2, 0.25) is 0 Å². The number of carbonyl (C=O) groups excluding carboxylic acids is 2. The topological polar surface area (TPSA) is 236 Å². The summed E-state index contributed by atoms with van der Waals surface area (Å²) in [4.78, 5) is 52.6. The third kappa shape index (κ3) is 38.0. The van der Waals surface area contributed by atoms with Crippen molar-refractivity contribution in [1.29, 1.82) is 0 Å². The van der Waals surface area contributed by atoms with E-state index in [0.29, 0.717) is 12.8 Å². The summed E-state index contributed by atoms with van der Waals surface area (Å²) >= 11 is 0. The zero-order valence-corrected chi connectivity index (χ0v) is 36.1. The predicted octanol–water partition coefficient (Wildman–Crippen LogP) is 7.69. The minimum Gasteiger partial charge on any atom is -0.462 e. The lowest BCUT2D eigenvalue weighted by molar-refractivity contribution is -0.161. The molecule has 0 rings (SSSR count). The van der Waals surface area contributed by atoms with Gasteiger partial charge in [0.25, 0.3) is 0 Å². The number of phosphoric ester groups is 2. The van der Waals surface area contributed by atoms with Gasteiger partial charge in [-0.05, 0) is 57.3 Å². The number of rotatable bonds is 37. The highest BCUT2D eigenvalue weighted by Crippen LogP contribution is 2.43. The molecule has 1 unspecified atom stereocenters. The fraction of sp³-hybridized carbons (Fsp3) is 0.750. The quantitative estimate of drug-likeness (QED) is 0.0152. The maximum Gasteiger partial charge on any atom is 0.472 e. The number of phosphoric acid groups is 2. The maximum absolute atomic E-state index is 12.7. The molecule has 0 bridgehead atoms. The summed E-state index contributed by atoms with van der Waals surface area (Å²) in [5.41, 5.74) is 0. The molecule has 0 radical (unpaired) electrons. The zero-order chi connectivity index (χ0) is 42.8. The van der Waals surface area contributed by atoms with Crippen molar-refractivity contribution in [3.05, 3.63) is 48.6 Å². The Balaban J connectivity index is 4.82. The molecule has 6 N–H and O–H groups in total. The van der Waals surface area contributed by atoms with E-state index in [1.165, 1.54) is 25.7 Å². The van der Waals surface area contributed by atoms with Gasteiger partial charge in [0.2, 0.25) is 0 Å². The van der Waals surface area contributed by atoms with Gasteiger partial charge in [-0.15, -0.1) is 0 Å². The van der Waals surface area contributed by atoms with Crippen LogP contribution in [-0.4, -0.2) is 92.8 Å². The normalized spacial score (nSPS) is 15.8. The fourth-order valence-electron chi connectivity index (χ4n) is 5.15. The lowest BCUT2D eigenvalue weighted by atomic mass is 10.0. The van der Waals surface area contributed by atoms with Gasteiger partial charge >= 0.3 is 27.6 Å². The lowest BCUT2D eigenvalue weighted by Gasteiger charge is -2.21. The van der Waals surface area contributed by atoms with Gasteiger partial charge in [0.1, 0.15) is 12.7 Å². The average molecular weight is 855 g/mol. The second-order valence-corrected chi connectivity index (χ2v) is 17.0. The van der Waals surface area contributed by atoms with Crippen LogP contribution >= 0.6 is 15.6 Å². The van der Waals surface area contributed by atoms with Crippen molar-refractivity contribution in [1.82, 2.24) is 0 Å². The van der Waals surface area contributed by atoms with Crippen molar-refractivity contribution in [2.24, 2.45) is 5.92 Å². The molecule has 5 atom stereocenters. The Hall–Kier alpha value is -2.00. The highest BCUT2D eigenvalue weighted by Gasteiger charge is 2.28. The standard InChI is InChI=1S/C40H72O15P2/c1-4-5-6-7-8-9-10-11-12-16-19-22-26-37(42)38(43)27-24-29-40(45)55-36(33-54-57(49,50)53-31-35(41)30-52-56(46,47)48)32-51-39(44)28-23-20-17-14-13-15-18-21-25-34(2)3/h5-6,8-9,11-12,19,22,34-38,41-43H,4,7,10,13-18,20-21,23-33H2,1-3H3,(H,49,50)(H2,46,47,48)/b6-5-,9-8-,12-11-,22-19-/t35-,36+,37+,38+/m0/s1. The minimum atomic E-state index is -4.90. The van der Waals surface area contributed by atoms with Crippen molar-refractivity contribution in [3.8, 4) is 0 Å². The van der Waals surface area contributed by atoms with Crippen LogP contribution < -0.4 is 0 Å². The van der Waals surface area contributed by atoms with Gasteiger partial charge in [0.05, 0.1) is 32.0 Å². The third-order valence-electron chi connectivity index (χ3n) is 8.35. The molecule has 0 aliphatic rings. The molecule has 0 aliphatic heterocycles. The Kier molecular flexibility index (Phi) is 33.6. The van der Waals surface area contributed by atoms with E-state index in [9.17, 15) is 38.9 Å². The van der Waals surface area contributed by atoms with Gasteiger partial charge in [-0.3, -0.25) is 23.2 Å². The molecule has 0 heterocycles. The van der Waals surface area contributed by atoms with Crippen LogP contribution in [0.15, 0.2) is 48.6 Å². The van der Waals surface area contributed by atoms with E-state index in [2.05, 4.69) is 60.2 Å². The van der Waals surface area contributed by atoms with E-state index in [0.717, 1.165) is 50.9 Å². The molecule has 57 heavy (non-hydrogen) atoms. The summed E-state index contributed by atoms with van der Waals surface area (Å²) in [5, 5.41) is 30.4. The van der Waals surface area contributed by atoms with Crippen LogP contribution in [0.3, 0.4) is 0 Å². The number of carbonyl (C=O) groups is 2. The minimum absolute atomic E-state index is 0.0891. The largest absolute Gasteiger partial charge is 0.472 e. The number of aliphatic hydroxyl groups excluding tert-OH is 3. The number of unbranched alkanes of at least 4 members (excludes halogenated alkanes) is 7. The summed E-state index contributed by atoms with van der Waals surface area (Å²) in [7, 11) is -9.78. The molecule has 17 heteroatoms. The van der Waals surface area contributed by atoms with Crippen LogP contribution in [0.25, 0.3) is 0 Å². The first-order valence-corrected chi connectivity index (χ1v) is 23.4. The van der Waals surface area contributed by atoms with E-state index >= 15 is 0 Å². The van der Waals surface area contributed by atoms with E-state index < -0.39 is 78.4 Å². The molecule has 0 saturated heterocycles. The average Bonchev–Trinajstić information content (AvgIpc) is 3.14. The molecule has 0 spiro atoms. The van der Waals surface area contributed by atoms with Crippen molar-refractivity contribution >= 4 is 27.6 Å². The molecular weight excluding hydrogens is 782 g/mol. The Morgan fingerprint density at radius 3 is 1.67 bits per heavy atom. The first-order chi connectivity index (χ1) is 27.0.